The molecule has 1 atom stereocenters. The lowest BCUT2D eigenvalue weighted by Crippen LogP contribution is -2.32. The summed E-state index contributed by atoms with van der Waals surface area (Å²) in [7, 11) is 8.35. The van der Waals surface area contributed by atoms with Gasteiger partial charge in [0, 0.05) is 33.7 Å². The summed E-state index contributed by atoms with van der Waals surface area (Å²) in [6.45, 7) is 2.57. The van der Waals surface area contributed by atoms with E-state index in [1.54, 1.807) is 28.4 Å². The lowest BCUT2D eigenvalue weighted by atomic mass is 10.1. The third kappa shape index (κ3) is 7.92. The maximum atomic E-state index is 12.2. The van der Waals surface area contributed by atoms with Gasteiger partial charge in [0.05, 0.1) is 34.1 Å². The normalized spacial score (nSPS) is 13.5. The van der Waals surface area contributed by atoms with E-state index in [0.29, 0.717) is 48.5 Å². The number of benzene rings is 1. The first kappa shape index (κ1) is 30.4. The molecular formula is C28H45N5O6. The fourth-order valence-corrected chi connectivity index (χ4v) is 5.16. The van der Waals surface area contributed by atoms with Crippen LogP contribution in [0.15, 0.2) is 21.7 Å². The molecule has 2 heterocycles. The molecule has 0 aliphatic carbocycles. The minimum Gasteiger partial charge on any atom is -0.493 e. The number of ether oxygens (including phenoxy) is 3. The molecule has 0 fully saturated rings. The number of nitrogens with one attached hydrogen (secondary N) is 2. The number of unbranched alkanes of at least 4 members (excludes halogenated alkanes) is 6. The monoisotopic (exact) mass is 547 g/mol. The van der Waals surface area contributed by atoms with Gasteiger partial charge in [-0.15, -0.1) is 0 Å². The third-order valence-electron chi connectivity index (χ3n) is 7.23. The molecule has 0 bridgehead atoms. The number of aliphatic hydroxyl groups is 1. The minimum atomic E-state index is -0.378. The Kier molecular flexibility index (Phi) is 11.5. The van der Waals surface area contributed by atoms with Crippen molar-refractivity contribution in [2.45, 2.75) is 64.0 Å². The van der Waals surface area contributed by atoms with Gasteiger partial charge in [-0.2, -0.15) is 0 Å². The molecule has 11 nitrogen and oxygen atoms in total. The number of rotatable bonds is 17. The molecule has 0 amide bonds. The zero-order valence-electron chi connectivity index (χ0n) is 24.0. The van der Waals surface area contributed by atoms with Crippen LogP contribution in [0.25, 0.3) is 0 Å². The number of hydrogen-bond donors (Lipinski definition) is 3. The van der Waals surface area contributed by atoms with Gasteiger partial charge in [0.2, 0.25) is 5.75 Å². The number of nitrogens with zero attached hydrogens (tertiary/aromatic N) is 3. The van der Waals surface area contributed by atoms with E-state index in [-0.39, 0.29) is 17.4 Å². The molecule has 0 spiro atoms. The number of aromatic nitrogens is 2. The van der Waals surface area contributed by atoms with E-state index in [1.807, 2.05) is 24.1 Å². The van der Waals surface area contributed by atoms with Crippen LogP contribution in [0.4, 0.5) is 11.5 Å². The van der Waals surface area contributed by atoms with Crippen LogP contribution in [0.2, 0.25) is 0 Å². The van der Waals surface area contributed by atoms with E-state index in [1.165, 1.54) is 11.0 Å². The van der Waals surface area contributed by atoms with Gasteiger partial charge < -0.3 is 34.4 Å². The predicted octanol–water partition coefficient (Wildman–Crippen LogP) is 2.58. The van der Waals surface area contributed by atoms with E-state index in [0.717, 1.165) is 57.1 Å². The number of H-pyrrole nitrogens is 1. The summed E-state index contributed by atoms with van der Waals surface area (Å²) in [6, 6.07) is 3.82. The van der Waals surface area contributed by atoms with Crippen LogP contribution in [-0.2, 0) is 13.6 Å². The molecule has 1 unspecified atom stereocenters. The molecule has 3 rings (SSSR count). The van der Waals surface area contributed by atoms with Gasteiger partial charge in [-0.3, -0.25) is 14.3 Å². The second-order valence-corrected chi connectivity index (χ2v) is 10.2. The second kappa shape index (κ2) is 14.8. The van der Waals surface area contributed by atoms with Crippen LogP contribution in [-0.4, -0.2) is 68.9 Å². The summed E-state index contributed by atoms with van der Waals surface area (Å²) in [5.74, 6) is 2.51. The molecule has 0 saturated heterocycles. The quantitative estimate of drug-likeness (QED) is 0.257. The van der Waals surface area contributed by atoms with Crippen LogP contribution in [0.3, 0.4) is 0 Å². The first-order chi connectivity index (χ1) is 18.8. The molecule has 1 aromatic carbocycles. The van der Waals surface area contributed by atoms with Gasteiger partial charge in [0.25, 0.3) is 5.56 Å². The first-order valence-corrected chi connectivity index (χ1v) is 13.8. The van der Waals surface area contributed by atoms with E-state index < -0.39 is 0 Å². The summed E-state index contributed by atoms with van der Waals surface area (Å²) in [5, 5.41) is 13.7. The number of aromatic amines is 1. The molecule has 218 valence electrons. The number of anilines is 2. The zero-order valence-corrected chi connectivity index (χ0v) is 24.0. The van der Waals surface area contributed by atoms with Crippen LogP contribution in [0, 0.1) is 0 Å². The average Bonchev–Trinajstić information content (AvgIpc) is 3.26. The SMILES string of the molecule is COc1cc(CNCC(O)CCCCCCCCCN2CN(C)c3c2n(C)c(=O)[nH]c3=O)cc(OC)c1OC. The summed E-state index contributed by atoms with van der Waals surface area (Å²) < 4.78 is 17.7. The number of hydrogen-bond acceptors (Lipinski definition) is 9. The van der Waals surface area contributed by atoms with Crippen LogP contribution < -0.4 is 40.6 Å². The predicted molar refractivity (Wildman–Crippen MR) is 154 cm³/mol. The van der Waals surface area contributed by atoms with E-state index >= 15 is 0 Å². The number of aliphatic hydroxyl groups excluding tert-OH is 1. The van der Waals surface area contributed by atoms with Crippen molar-refractivity contribution in [1.29, 1.82) is 0 Å². The molecule has 11 heteroatoms. The number of methoxy groups -OCH3 is 3. The fourth-order valence-electron chi connectivity index (χ4n) is 5.16. The molecule has 1 aliphatic heterocycles. The first-order valence-electron chi connectivity index (χ1n) is 13.8. The van der Waals surface area contributed by atoms with Crippen molar-refractivity contribution in [2.24, 2.45) is 7.05 Å². The summed E-state index contributed by atoms with van der Waals surface area (Å²) in [6.07, 6.45) is 8.13. The van der Waals surface area contributed by atoms with Crippen molar-refractivity contribution in [3.63, 3.8) is 0 Å². The summed E-state index contributed by atoms with van der Waals surface area (Å²) in [5.41, 5.74) is 0.863. The Morgan fingerprint density at radius 3 is 2.18 bits per heavy atom. The van der Waals surface area contributed by atoms with Crippen molar-refractivity contribution in [2.75, 3.05) is 57.9 Å². The topological polar surface area (TPSA) is 121 Å². The molecule has 0 radical (unpaired) electrons. The average molecular weight is 548 g/mol. The number of fused-ring (bicyclic) bond motifs is 1. The standard InChI is InChI=1S/C28H45N5O6/c1-31-19-33(27-24(31)26(35)30-28(36)32(27)2)14-12-10-8-6-7-9-11-13-21(34)18-29-17-20-15-22(37-3)25(39-5)23(16-20)38-4/h15-16,21,29,34H,6-14,17-19H2,1-5H3,(H,30,35,36). The van der Waals surface area contributed by atoms with Gasteiger partial charge in [-0.05, 0) is 30.5 Å². The maximum Gasteiger partial charge on any atom is 0.329 e. The van der Waals surface area contributed by atoms with E-state index in [9.17, 15) is 14.7 Å². The van der Waals surface area contributed by atoms with Gasteiger partial charge in [0.1, 0.15) is 11.5 Å². The highest BCUT2D eigenvalue weighted by Crippen LogP contribution is 2.38. The van der Waals surface area contributed by atoms with Gasteiger partial charge >= 0.3 is 5.69 Å². The largest absolute Gasteiger partial charge is 0.493 e. The lowest BCUT2D eigenvalue weighted by Gasteiger charge is -2.20. The highest BCUT2D eigenvalue weighted by Gasteiger charge is 2.29. The molecule has 0 saturated carbocycles. The van der Waals surface area contributed by atoms with Crippen molar-refractivity contribution in [3.05, 3.63) is 38.5 Å². The van der Waals surface area contributed by atoms with Crippen molar-refractivity contribution in [1.82, 2.24) is 14.9 Å². The Hall–Kier alpha value is -3.18. The zero-order chi connectivity index (χ0) is 28.4. The van der Waals surface area contributed by atoms with E-state index in [4.69, 9.17) is 14.2 Å². The Morgan fingerprint density at radius 2 is 1.56 bits per heavy atom. The Morgan fingerprint density at radius 1 is 0.949 bits per heavy atom. The smallest absolute Gasteiger partial charge is 0.329 e. The maximum absolute atomic E-state index is 12.2. The molecule has 3 N–H and O–H groups in total. The van der Waals surface area contributed by atoms with Gasteiger partial charge in [0.15, 0.2) is 11.5 Å². The molecule has 2 aromatic rings. The van der Waals surface area contributed by atoms with Crippen LogP contribution >= 0.6 is 0 Å². The van der Waals surface area contributed by atoms with Gasteiger partial charge in [-0.1, -0.05) is 38.5 Å². The van der Waals surface area contributed by atoms with E-state index in [2.05, 4.69) is 15.2 Å². The molecule has 39 heavy (non-hydrogen) atoms. The third-order valence-corrected chi connectivity index (χ3v) is 7.23. The lowest BCUT2D eigenvalue weighted by molar-refractivity contribution is 0.157. The Labute approximate surface area is 230 Å². The fraction of sp³-hybridized carbons (Fsp3) is 0.643. The summed E-state index contributed by atoms with van der Waals surface area (Å²) >= 11 is 0. The molecular weight excluding hydrogens is 502 g/mol. The van der Waals surface area contributed by atoms with Crippen LogP contribution in [0.5, 0.6) is 17.2 Å². The van der Waals surface area contributed by atoms with Crippen molar-refractivity contribution >= 4 is 11.5 Å². The molecule has 1 aliphatic rings. The highest BCUT2D eigenvalue weighted by atomic mass is 16.5. The van der Waals surface area contributed by atoms with Gasteiger partial charge in [-0.25, -0.2) is 4.79 Å². The minimum absolute atomic E-state index is 0.322. The Balaban J connectivity index is 1.25. The highest BCUT2D eigenvalue weighted by molar-refractivity contribution is 5.71. The Bertz CT molecular complexity index is 1160. The summed E-state index contributed by atoms with van der Waals surface area (Å²) in [4.78, 5) is 30.6. The van der Waals surface area contributed by atoms with Crippen LogP contribution in [0.1, 0.15) is 56.9 Å². The van der Waals surface area contributed by atoms with Crippen molar-refractivity contribution < 1.29 is 19.3 Å². The second-order valence-electron chi connectivity index (χ2n) is 10.2. The van der Waals surface area contributed by atoms with Crippen molar-refractivity contribution in [3.8, 4) is 17.2 Å². The molecule has 1 aromatic heterocycles.